The Morgan fingerprint density at radius 3 is 2.68 bits per heavy atom. The van der Waals surface area contributed by atoms with Crippen molar-refractivity contribution in [3.8, 4) is 5.88 Å². The Hall–Kier alpha value is -1.09. The quantitative estimate of drug-likeness (QED) is 0.354. The summed E-state index contributed by atoms with van der Waals surface area (Å²) >= 11 is 0. The van der Waals surface area contributed by atoms with E-state index in [0.717, 1.165) is 31.0 Å². The third-order valence-electron chi connectivity index (χ3n) is 4.10. The molecule has 25 heavy (non-hydrogen) atoms. The van der Waals surface area contributed by atoms with Crippen LogP contribution in [0.5, 0.6) is 5.88 Å². The number of hydrogen-bond acceptors (Lipinski definition) is 4. The zero-order chi connectivity index (χ0) is 17.0. The summed E-state index contributed by atoms with van der Waals surface area (Å²) in [6, 6.07) is 3.95. The second-order valence-corrected chi connectivity index (χ2v) is 6.11. The normalized spacial score (nSPS) is 15.4. The molecule has 0 aliphatic carbocycles. The summed E-state index contributed by atoms with van der Waals surface area (Å²) in [5.74, 6) is 1.52. The summed E-state index contributed by atoms with van der Waals surface area (Å²) < 4.78 is 5.50. The van der Waals surface area contributed by atoms with Crippen LogP contribution in [0.15, 0.2) is 23.3 Å². The third-order valence-corrected chi connectivity index (χ3v) is 4.10. The Balaban J connectivity index is 0.00000312. The van der Waals surface area contributed by atoms with Crippen LogP contribution in [0, 0.1) is 0 Å². The van der Waals surface area contributed by atoms with Crippen LogP contribution in [-0.4, -0.2) is 55.7 Å². The first-order chi connectivity index (χ1) is 11.8. The van der Waals surface area contributed by atoms with Gasteiger partial charge in [-0.3, -0.25) is 4.99 Å². The number of ether oxygens (including phenoxy) is 1. The van der Waals surface area contributed by atoms with E-state index in [2.05, 4.69) is 32.4 Å². The Labute approximate surface area is 168 Å². The lowest BCUT2D eigenvalue weighted by Gasteiger charge is -2.26. The molecule has 1 saturated heterocycles. The molecule has 1 aromatic heterocycles. The van der Waals surface area contributed by atoms with Gasteiger partial charge < -0.3 is 20.3 Å². The topological polar surface area (TPSA) is 61.8 Å². The lowest BCUT2D eigenvalue weighted by atomic mass is 10.1. The molecule has 0 unspecified atom stereocenters. The van der Waals surface area contributed by atoms with Crippen LogP contribution in [-0.2, 0) is 6.54 Å². The maximum absolute atomic E-state index is 5.50. The van der Waals surface area contributed by atoms with Gasteiger partial charge in [0.05, 0.1) is 6.61 Å². The molecule has 0 atom stereocenters. The summed E-state index contributed by atoms with van der Waals surface area (Å²) in [5.41, 5.74) is 1.11. The number of nitrogens with zero attached hydrogens (tertiary/aromatic N) is 3. The van der Waals surface area contributed by atoms with Gasteiger partial charge in [-0.1, -0.05) is 19.4 Å². The van der Waals surface area contributed by atoms with E-state index >= 15 is 0 Å². The van der Waals surface area contributed by atoms with E-state index in [1.165, 1.54) is 32.4 Å². The van der Waals surface area contributed by atoms with Gasteiger partial charge >= 0.3 is 0 Å². The SMILES string of the molecule is CCCOc1ccc(CNC(=NC)NCCN2CCCCC2)cn1.I. The summed E-state index contributed by atoms with van der Waals surface area (Å²) in [7, 11) is 1.80. The number of guanidine groups is 1. The number of piperidine rings is 1. The molecule has 1 aromatic rings. The van der Waals surface area contributed by atoms with Crippen molar-refractivity contribution < 1.29 is 4.74 Å². The largest absolute Gasteiger partial charge is 0.478 e. The first-order valence-corrected chi connectivity index (χ1v) is 9.06. The Morgan fingerprint density at radius 2 is 2.04 bits per heavy atom. The van der Waals surface area contributed by atoms with E-state index in [1.54, 1.807) is 7.05 Å². The van der Waals surface area contributed by atoms with Crippen molar-refractivity contribution in [2.24, 2.45) is 4.99 Å². The van der Waals surface area contributed by atoms with Crippen LogP contribution in [0.4, 0.5) is 0 Å². The third kappa shape index (κ3) is 8.71. The number of pyridine rings is 1. The average molecular weight is 461 g/mol. The molecule has 0 amide bonds. The maximum Gasteiger partial charge on any atom is 0.213 e. The number of likely N-dealkylation sites (tertiary alicyclic amines) is 1. The van der Waals surface area contributed by atoms with Crippen molar-refractivity contribution in [2.45, 2.75) is 39.2 Å². The second-order valence-electron chi connectivity index (χ2n) is 6.11. The summed E-state index contributed by atoms with van der Waals surface area (Å²) in [6.45, 7) is 7.94. The van der Waals surface area contributed by atoms with Gasteiger partial charge in [-0.25, -0.2) is 4.98 Å². The van der Waals surface area contributed by atoms with Crippen LogP contribution in [0.2, 0.25) is 0 Å². The predicted octanol–water partition coefficient (Wildman–Crippen LogP) is 2.64. The average Bonchev–Trinajstić information content (AvgIpc) is 2.64. The molecule has 0 bridgehead atoms. The van der Waals surface area contributed by atoms with Crippen molar-refractivity contribution in [2.75, 3.05) is 39.8 Å². The molecule has 0 saturated carbocycles. The first-order valence-electron chi connectivity index (χ1n) is 9.06. The van der Waals surface area contributed by atoms with E-state index in [9.17, 15) is 0 Å². The van der Waals surface area contributed by atoms with E-state index in [0.29, 0.717) is 19.0 Å². The van der Waals surface area contributed by atoms with Crippen molar-refractivity contribution in [1.29, 1.82) is 0 Å². The van der Waals surface area contributed by atoms with Crippen LogP contribution < -0.4 is 15.4 Å². The van der Waals surface area contributed by atoms with Crippen molar-refractivity contribution in [3.05, 3.63) is 23.9 Å². The summed E-state index contributed by atoms with van der Waals surface area (Å²) in [6.07, 6.45) is 6.88. The minimum Gasteiger partial charge on any atom is -0.478 e. The highest BCUT2D eigenvalue weighted by atomic mass is 127. The molecule has 0 spiro atoms. The van der Waals surface area contributed by atoms with Crippen molar-refractivity contribution >= 4 is 29.9 Å². The van der Waals surface area contributed by atoms with Gasteiger partial charge in [0, 0.05) is 38.9 Å². The first kappa shape index (κ1) is 22.0. The van der Waals surface area contributed by atoms with E-state index in [4.69, 9.17) is 4.74 Å². The minimum absolute atomic E-state index is 0. The lowest BCUT2D eigenvalue weighted by Crippen LogP contribution is -2.42. The molecular weight excluding hydrogens is 429 g/mol. The molecule has 0 aromatic carbocycles. The fourth-order valence-corrected chi connectivity index (χ4v) is 2.73. The highest BCUT2D eigenvalue weighted by molar-refractivity contribution is 14.0. The number of rotatable bonds is 8. The molecule has 6 nitrogen and oxygen atoms in total. The fourth-order valence-electron chi connectivity index (χ4n) is 2.73. The van der Waals surface area contributed by atoms with Crippen LogP contribution >= 0.6 is 24.0 Å². The molecule has 2 rings (SSSR count). The zero-order valence-electron chi connectivity index (χ0n) is 15.5. The lowest BCUT2D eigenvalue weighted by molar-refractivity contribution is 0.232. The summed E-state index contributed by atoms with van der Waals surface area (Å²) in [4.78, 5) is 11.1. The predicted molar refractivity (Wildman–Crippen MR) is 114 cm³/mol. The number of aromatic nitrogens is 1. The number of halogens is 1. The molecule has 1 aliphatic heterocycles. The summed E-state index contributed by atoms with van der Waals surface area (Å²) in [5, 5.41) is 6.70. The van der Waals surface area contributed by atoms with Gasteiger partial charge in [0.25, 0.3) is 0 Å². The molecular formula is C18H32IN5O. The molecule has 1 aliphatic rings. The molecule has 0 radical (unpaired) electrons. The number of nitrogens with one attached hydrogen (secondary N) is 2. The van der Waals surface area contributed by atoms with E-state index in [1.807, 2.05) is 18.3 Å². The van der Waals surface area contributed by atoms with Crippen LogP contribution in [0.3, 0.4) is 0 Å². The van der Waals surface area contributed by atoms with Gasteiger partial charge in [-0.2, -0.15) is 0 Å². The van der Waals surface area contributed by atoms with Gasteiger partial charge in [0.15, 0.2) is 5.96 Å². The highest BCUT2D eigenvalue weighted by Crippen LogP contribution is 2.08. The number of hydrogen-bond donors (Lipinski definition) is 2. The molecule has 7 heteroatoms. The smallest absolute Gasteiger partial charge is 0.213 e. The standard InChI is InChI=1S/C18H31N5O.HI/c1-3-13-24-17-8-7-16(14-21-17)15-22-18(19-2)20-9-12-23-10-5-4-6-11-23;/h7-8,14H,3-6,9-13,15H2,1-2H3,(H2,19,20,22);1H. The molecule has 2 heterocycles. The van der Waals surface area contributed by atoms with E-state index in [-0.39, 0.29) is 24.0 Å². The molecule has 2 N–H and O–H groups in total. The Bertz CT molecular complexity index is 489. The van der Waals surface area contributed by atoms with Gasteiger partial charge in [0.1, 0.15) is 0 Å². The van der Waals surface area contributed by atoms with Gasteiger partial charge in [0.2, 0.25) is 5.88 Å². The van der Waals surface area contributed by atoms with Crippen LogP contribution in [0.1, 0.15) is 38.2 Å². The fraction of sp³-hybridized carbons (Fsp3) is 0.667. The highest BCUT2D eigenvalue weighted by Gasteiger charge is 2.09. The van der Waals surface area contributed by atoms with E-state index < -0.39 is 0 Å². The van der Waals surface area contributed by atoms with Crippen LogP contribution in [0.25, 0.3) is 0 Å². The Kier molecular flexibility index (Phi) is 11.6. The zero-order valence-corrected chi connectivity index (χ0v) is 17.8. The molecule has 142 valence electrons. The van der Waals surface area contributed by atoms with Crippen molar-refractivity contribution in [1.82, 2.24) is 20.5 Å². The maximum atomic E-state index is 5.50. The van der Waals surface area contributed by atoms with Gasteiger partial charge in [-0.15, -0.1) is 24.0 Å². The number of aliphatic imine (C=N–C) groups is 1. The monoisotopic (exact) mass is 461 g/mol. The second kappa shape index (κ2) is 13.2. The van der Waals surface area contributed by atoms with Gasteiger partial charge in [-0.05, 0) is 37.9 Å². The Morgan fingerprint density at radius 1 is 1.24 bits per heavy atom. The minimum atomic E-state index is 0. The van der Waals surface area contributed by atoms with Crippen molar-refractivity contribution in [3.63, 3.8) is 0 Å². The molecule has 1 fully saturated rings.